The number of imidazole rings is 1. The van der Waals surface area contributed by atoms with Crippen LogP contribution in [0, 0.1) is 0 Å². The Bertz CT molecular complexity index is 608. The summed E-state index contributed by atoms with van der Waals surface area (Å²) in [5.41, 5.74) is 2.70. The quantitative estimate of drug-likeness (QED) is 0.723. The number of anilines is 1. The molecule has 3 heterocycles. The zero-order valence-electron chi connectivity index (χ0n) is 9.33. The Morgan fingerprint density at radius 3 is 2.71 bits per heavy atom. The highest BCUT2D eigenvalue weighted by Gasteiger charge is 2.04. The van der Waals surface area contributed by atoms with Gasteiger partial charge in [0, 0.05) is 37.4 Å². The fourth-order valence-electron chi connectivity index (χ4n) is 1.66. The lowest BCUT2D eigenvalue weighted by atomic mass is 10.3. The fraction of sp³-hybridized carbons (Fsp3) is 0.0833. The van der Waals surface area contributed by atoms with Crippen LogP contribution in [0.1, 0.15) is 0 Å². The molecule has 0 radical (unpaired) electrons. The molecule has 84 valence electrons. The number of rotatable bonds is 2. The molecule has 0 fully saturated rings. The number of aromatic nitrogens is 4. The number of fused-ring (bicyclic) bond motifs is 1. The van der Waals surface area contributed by atoms with Crippen molar-refractivity contribution in [2.45, 2.75) is 0 Å². The lowest BCUT2D eigenvalue weighted by molar-refractivity contribution is 1.15. The van der Waals surface area contributed by atoms with Crippen molar-refractivity contribution in [2.24, 2.45) is 0 Å². The summed E-state index contributed by atoms with van der Waals surface area (Å²) in [4.78, 5) is 12.8. The second-order valence-electron chi connectivity index (χ2n) is 3.64. The molecule has 0 spiro atoms. The minimum atomic E-state index is 0.609. The summed E-state index contributed by atoms with van der Waals surface area (Å²) >= 11 is 0. The molecule has 1 N–H and O–H groups in total. The molecule has 0 saturated carbocycles. The van der Waals surface area contributed by atoms with E-state index in [1.165, 1.54) is 0 Å². The van der Waals surface area contributed by atoms with Gasteiger partial charge >= 0.3 is 0 Å². The molecule has 3 aromatic heterocycles. The van der Waals surface area contributed by atoms with Crippen molar-refractivity contribution in [3.05, 3.63) is 43.0 Å². The van der Waals surface area contributed by atoms with Gasteiger partial charge in [0.05, 0.1) is 5.69 Å². The molecule has 0 saturated heterocycles. The van der Waals surface area contributed by atoms with Gasteiger partial charge in [0.2, 0.25) is 5.95 Å². The summed E-state index contributed by atoms with van der Waals surface area (Å²) in [5.74, 6) is 0.609. The third-order valence-corrected chi connectivity index (χ3v) is 2.54. The standard InChI is InChI=1S/C12H11N5/c1-13-12-14-6-9(7-15-12)10-8-17-5-3-2-4-11(17)16-10/h2-8H,1H3,(H,13,14,15). The first-order chi connectivity index (χ1) is 8.36. The number of hydrogen-bond donors (Lipinski definition) is 1. The zero-order valence-corrected chi connectivity index (χ0v) is 9.33. The highest BCUT2D eigenvalue weighted by Crippen LogP contribution is 2.17. The minimum absolute atomic E-state index is 0.609. The molecule has 0 amide bonds. The molecule has 0 aliphatic carbocycles. The normalized spacial score (nSPS) is 10.6. The fourth-order valence-corrected chi connectivity index (χ4v) is 1.66. The second-order valence-corrected chi connectivity index (χ2v) is 3.64. The predicted octanol–water partition coefficient (Wildman–Crippen LogP) is 1.83. The van der Waals surface area contributed by atoms with Crippen LogP contribution in [0.2, 0.25) is 0 Å². The molecule has 0 aromatic carbocycles. The summed E-state index contributed by atoms with van der Waals surface area (Å²) in [7, 11) is 1.79. The first kappa shape index (κ1) is 9.77. The van der Waals surface area contributed by atoms with Gasteiger partial charge in [-0.1, -0.05) is 6.07 Å². The molecule has 0 unspecified atom stereocenters. The Labute approximate surface area is 98.2 Å². The van der Waals surface area contributed by atoms with Crippen molar-refractivity contribution in [1.82, 2.24) is 19.4 Å². The van der Waals surface area contributed by atoms with Crippen molar-refractivity contribution >= 4 is 11.6 Å². The van der Waals surface area contributed by atoms with Gasteiger partial charge in [-0.25, -0.2) is 15.0 Å². The van der Waals surface area contributed by atoms with Gasteiger partial charge < -0.3 is 9.72 Å². The molecule has 0 atom stereocenters. The van der Waals surface area contributed by atoms with E-state index in [1.807, 2.05) is 35.0 Å². The minimum Gasteiger partial charge on any atom is -0.357 e. The Balaban J connectivity index is 2.07. The van der Waals surface area contributed by atoms with Gasteiger partial charge in [0.25, 0.3) is 0 Å². The highest BCUT2D eigenvalue weighted by atomic mass is 15.1. The molecule has 5 heteroatoms. The van der Waals surface area contributed by atoms with Crippen LogP contribution in [0.4, 0.5) is 5.95 Å². The van der Waals surface area contributed by atoms with Crippen LogP contribution in [0.3, 0.4) is 0 Å². The predicted molar refractivity (Wildman–Crippen MR) is 65.8 cm³/mol. The molecule has 0 aliphatic rings. The van der Waals surface area contributed by atoms with Crippen LogP contribution in [-0.2, 0) is 0 Å². The third-order valence-electron chi connectivity index (χ3n) is 2.54. The van der Waals surface area contributed by atoms with Gasteiger partial charge in [-0.05, 0) is 12.1 Å². The van der Waals surface area contributed by atoms with Crippen molar-refractivity contribution < 1.29 is 0 Å². The molecular weight excluding hydrogens is 214 g/mol. The van der Waals surface area contributed by atoms with Gasteiger partial charge in [-0.3, -0.25) is 0 Å². The molecule has 0 bridgehead atoms. The van der Waals surface area contributed by atoms with E-state index in [9.17, 15) is 0 Å². The molecule has 3 rings (SSSR count). The number of nitrogens with zero attached hydrogens (tertiary/aromatic N) is 4. The van der Waals surface area contributed by atoms with Crippen molar-refractivity contribution in [2.75, 3.05) is 12.4 Å². The summed E-state index contributed by atoms with van der Waals surface area (Å²) in [6.45, 7) is 0. The summed E-state index contributed by atoms with van der Waals surface area (Å²) in [5, 5.41) is 2.88. The first-order valence-corrected chi connectivity index (χ1v) is 5.31. The number of pyridine rings is 1. The Hall–Kier alpha value is -2.43. The van der Waals surface area contributed by atoms with Crippen molar-refractivity contribution in [1.29, 1.82) is 0 Å². The van der Waals surface area contributed by atoms with E-state index in [-0.39, 0.29) is 0 Å². The van der Waals surface area contributed by atoms with E-state index >= 15 is 0 Å². The van der Waals surface area contributed by atoms with Crippen LogP contribution in [0.5, 0.6) is 0 Å². The topological polar surface area (TPSA) is 55.1 Å². The average molecular weight is 225 g/mol. The van der Waals surface area contributed by atoms with Gasteiger partial charge in [0.1, 0.15) is 5.65 Å². The van der Waals surface area contributed by atoms with Crippen LogP contribution in [0.15, 0.2) is 43.0 Å². The number of nitrogens with one attached hydrogen (secondary N) is 1. The summed E-state index contributed by atoms with van der Waals surface area (Å²) < 4.78 is 1.97. The van der Waals surface area contributed by atoms with Crippen LogP contribution in [0.25, 0.3) is 16.9 Å². The average Bonchev–Trinajstić information content (AvgIpc) is 2.82. The maximum atomic E-state index is 4.50. The van der Waals surface area contributed by atoms with Crippen molar-refractivity contribution in [3.63, 3.8) is 0 Å². The lowest BCUT2D eigenvalue weighted by Gasteiger charge is -1.98. The molecule has 0 aliphatic heterocycles. The van der Waals surface area contributed by atoms with E-state index in [2.05, 4.69) is 20.3 Å². The van der Waals surface area contributed by atoms with E-state index < -0.39 is 0 Å². The Morgan fingerprint density at radius 2 is 2.00 bits per heavy atom. The maximum absolute atomic E-state index is 4.50. The van der Waals surface area contributed by atoms with Crippen LogP contribution < -0.4 is 5.32 Å². The zero-order chi connectivity index (χ0) is 11.7. The molecule has 5 nitrogen and oxygen atoms in total. The van der Waals surface area contributed by atoms with Gasteiger partial charge in [0.15, 0.2) is 0 Å². The highest BCUT2D eigenvalue weighted by molar-refractivity contribution is 5.61. The van der Waals surface area contributed by atoms with Gasteiger partial charge in [-0.2, -0.15) is 0 Å². The van der Waals surface area contributed by atoms with E-state index in [1.54, 1.807) is 19.4 Å². The Morgan fingerprint density at radius 1 is 1.18 bits per heavy atom. The Kier molecular flexibility index (Phi) is 2.22. The number of hydrogen-bond acceptors (Lipinski definition) is 4. The van der Waals surface area contributed by atoms with Crippen molar-refractivity contribution in [3.8, 4) is 11.3 Å². The largest absolute Gasteiger partial charge is 0.357 e. The maximum Gasteiger partial charge on any atom is 0.222 e. The molecule has 17 heavy (non-hydrogen) atoms. The smallest absolute Gasteiger partial charge is 0.222 e. The second kappa shape index (κ2) is 3.86. The lowest BCUT2D eigenvalue weighted by Crippen LogP contribution is -1.95. The van der Waals surface area contributed by atoms with E-state index in [0.717, 1.165) is 16.9 Å². The SMILES string of the molecule is CNc1ncc(-c2cn3ccccc3n2)cn1. The molecular formula is C12H11N5. The molecule has 3 aromatic rings. The summed E-state index contributed by atoms with van der Waals surface area (Å²) in [6, 6.07) is 5.90. The van der Waals surface area contributed by atoms with E-state index in [4.69, 9.17) is 0 Å². The first-order valence-electron chi connectivity index (χ1n) is 5.31. The van der Waals surface area contributed by atoms with E-state index in [0.29, 0.717) is 5.95 Å². The third kappa shape index (κ3) is 1.71. The summed E-state index contributed by atoms with van der Waals surface area (Å²) in [6.07, 6.45) is 7.46. The van der Waals surface area contributed by atoms with Crippen LogP contribution in [-0.4, -0.2) is 26.4 Å². The van der Waals surface area contributed by atoms with Gasteiger partial charge in [-0.15, -0.1) is 0 Å². The van der Waals surface area contributed by atoms with Crippen LogP contribution >= 0.6 is 0 Å². The monoisotopic (exact) mass is 225 g/mol.